The van der Waals surface area contributed by atoms with E-state index in [0.717, 1.165) is 25.2 Å². The summed E-state index contributed by atoms with van der Waals surface area (Å²) in [7, 11) is 2.99. The fourth-order valence-electron chi connectivity index (χ4n) is 4.57. The predicted molar refractivity (Wildman–Crippen MR) is 103 cm³/mol. The Kier molecular flexibility index (Phi) is 4.80. The van der Waals surface area contributed by atoms with E-state index in [-0.39, 0.29) is 22.1 Å². The Morgan fingerprint density at radius 2 is 1.89 bits per heavy atom. The first-order valence-corrected chi connectivity index (χ1v) is 9.31. The van der Waals surface area contributed by atoms with Crippen molar-refractivity contribution in [1.29, 1.82) is 0 Å². The van der Waals surface area contributed by atoms with Crippen LogP contribution in [0.1, 0.15) is 23.6 Å². The number of rotatable bonds is 5. The van der Waals surface area contributed by atoms with Crippen molar-refractivity contribution in [3.63, 3.8) is 0 Å². The molecule has 8 nitrogen and oxygen atoms in total. The molecule has 8 heteroatoms. The molecular formula is C20H23N3O5. The van der Waals surface area contributed by atoms with Gasteiger partial charge in [-0.05, 0) is 24.5 Å². The van der Waals surface area contributed by atoms with Crippen LogP contribution in [0.3, 0.4) is 0 Å². The molecule has 28 heavy (non-hydrogen) atoms. The van der Waals surface area contributed by atoms with E-state index in [1.165, 1.54) is 20.3 Å². The number of ether oxygens (including phenoxy) is 2. The fourth-order valence-corrected chi connectivity index (χ4v) is 4.57. The Hall–Kier alpha value is -2.87. The summed E-state index contributed by atoms with van der Waals surface area (Å²) in [6.45, 7) is 2.74. The lowest BCUT2D eigenvalue weighted by molar-refractivity contribution is -0.385. The first-order chi connectivity index (χ1) is 13.5. The number of fused-ring (bicyclic) bond motifs is 4. The lowest BCUT2D eigenvalue weighted by Gasteiger charge is -2.42. The van der Waals surface area contributed by atoms with Crippen molar-refractivity contribution < 1.29 is 14.4 Å². The number of benzene rings is 1. The number of methoxy groups -OCH3 is 2. The van der Waals surface area contributed by atoms with Crippen molar-refractivity contribution in [3.05, 3.63) is 62.1 Å². The lowest BCUT2D eigenvalue weighted by atomic mass is 9.83. The Bertz CT molecular complexity index is 971. The number of pyridine rings is 1. The zero-order chi connectivity index (χ0) is 19.8. The number of nitro groups is 1. The van der Waals surface area contributed by atoms with Gasteiger partial charge in [-0.1, -0.05) is 6.07 Å². The number of piperidine rings is 1. The average Bonchev–Trinajstić information content (AvgIpc) is 2.68. The highest BCUT2D eigenvalue weighted by atomic mass is 16.6. The molecule has 4 rings (SSSR count). The molecule has 2 aliphatic heterocycles. The van der Waals surface area contributed by atoms with Crippen molar-refractivity contribution in [3.8, 4) is 11.5 Å². The van der Waals surface area contributed by atoms with Crippen LogP contribution in [0, 0.1) is 16.0 Å². The standard InChI is InChI=1S/C20H23N3O5/c1-27-18-7-15(17(23(25)26)8-19(18)28-2)12-21-9-13-6-14(11-21)16-4-3-5-20(24)22(16)10-13/h3-5,7-8,13-14H,6,9-12H2,1-2H3/t13-,14+/m0/s1. The highest BCUT2D eigenvalue weighted by Crippen LogP contribution is 2.38. The van der Waals surface area contributed by atoms with E-state index in [2.05, 4.69) is 4.90 Å². The summed E-state index contributed by atoms with van der Waals surface area (Å²) in [5.74, 6) is 1.46. The maximum absolute atomic E-state index is 12.2. The third kappa shape index (κ3) is 3.24. The largest absolute Gasteiger partial charge is 0.493 e. The van der Waals surface area contributed by atoms with Gasteiger partial charge >= 0.3 is 0 Å². The van der Waals surface area contributed by atoms with Gasteiger partial charge in [0.15, 0.2) is 11.5 Å². The molecule has 0 aliphatic carbocycles. The summed E-state index contributed by atoms with van der Waals surface area (Å²) in [5.41, 5.74) is 1.75. The summed E-state index contributed by atoms with van der Waals surface area (Å²) in [4.78, 5) is 25.6. The van der Waals surface area contributed by atoms with Gasteiger partial charge in [0.2, 0.25) is 0 Å². The fraction of sp³-hybridized carbons (Fsp3) is 0.450. The Morgan fingerprint density at radius 1 is 1.14 bits per heavy atom. The molecule has 0 saturated carbocycles. The molecule has 2 aliphatic rings. The van der Waals surface area contributed by atoms with Crippen molar-refractivity contribution in [2.75, 3.05) is 27.3 Å². The van der Waals surface area contributed by atoms with Gasteiger partial charge in [0.25, 0.3) is 11.2 Å². The predicted octanol–water partition coefficient (Wildman–Crippen LogP) is 2.39. The summed E-state index contributed by atoms with van der Waals surface area (Å²) < 4.78 is 12.4. The molecule has 148 valence electrons. The second kappa shape index (κ2) is 7.27. The van der Waals surface area contributed by atoms with E-state index in [0.29, 0.717) is 36.1 Å². The van der Waals surface area contributed by atoms with Crippen LogP contribution in [-0.4, -0.2) is 41.7 Å². The van der Waals surface area contributed by atoms with E-state index in [9.17, 15) is 14.9 Å². The minimum Gasteiger partial charge on any atom is -0.493 e. The number of nitro benzene ring substituents is 1. The molecular weight excluding hydrogens is 362 g/mol. The molecule has 1 aromatic heterocycles. The first kappa shape index (κ1) is 18.5. The maximum Gasteiger partial charge on any atom is 0.277 e. The number of likely N-dealkylation sites (tertiary alicyclic amines) is 1. The van der Waals surface area contributed by atoms with Gasteiger partial charge in [-0.15, -0.1) is 0 Å². The smallest absolute Gasteiger partial charge is 0.277 e. The van der Waals surface area contributed by atoms with Gasteiger partial charge in [-0.25, -0.2) is 0 Å². The van der Waals surface area contributed by atoms with Crippen LogP contribution in [0.2, 0.25) is 0 Å². The molecule has 1 aromatic carbocycles. The second-order valence-electron chi connectivity index (χ2n) is 7.49. The highest BCUT2D eigenvalue weighted by molar-refractivity contribution is 5.54. The zero-order valence-electron chi connectivity index (χ0n) is 16.0. The van der Waals surface area contributed by atoms with Gasteiger partial charge in [0.05, 0.1) is 25.2 Å². The van der Waals surface area contributed by atoms with Crippen molar-refractivity contribution >= 4 is 5.69 Å². The molecule has 0 radical (unpaired) electrons. The van der Waals surface area contributed by atoms with Crippen LogP contribution in [-0.2, 0) is 13.1 Å². The van der Waals surface area contributed by atoms with Gasteiger partial charge in [0, 0.05) is 49.4 Å². The lowest BCUT2D eigenvalue weighted by Crippen LogP contribution is -2.46. The molecule has 3 heterocycles. The van der Waals surface area contributed by atoms with E-state index >= 15 is 0 Å². The monoisotopic (exact) mass is 385 g/mol. The average molecular weight is 385 g/mol. The summed E-state index contributed by atoms with van der Waals surface area (Å²) in [6, 6.07) is 8.56. The van der Waals surface area contributed by atoms with E-state index < -0.39 is 0 Å². The molecule has 2 aromatic rings. The van der Waals surface area contributed by atoms with Crippen LogP contribution in [0.25, 0.3) is 0 Å². The number of hydrogen-bond donors (Lipinski definition) is 0. The second-order valence-corrected chi connectivity index (χ2v) is 7.49. The Morgan fingerprint density at radius 3 is 2.61 bits per heavy atom. The molecule has 0 spiro atoms. The summed E-state index contributed by atoms with van der Waals surface area (Å²) in [6.07, 6.45) is 1.05. The Labute approximate surface area is 162 Å². The van der Waals surface area contributed by atoms with Gasteiger partial charge in [-0.3, -0.25) is 19.8 Å². The first-order valence-electron chi connectivity index (χ1n) is 9.31. The number of aromatic nitrogens is 1. The molecule has 2 atom stereocenters. The van der Waals surface area contributed by atoms with E-state index in [1.807, 2.05) is 16.7 Å². The molecule has 0 unspecified atom stereocenters. The quantitative estimate of drug-likeness (QED) is 0.580. The highest BCUT2D eigenvalue weighted by Gasteiger charge is 2.35. The summed E-state index contributed by atoms with van der Waals surface area (Å²) >= 11 is 0. The zero-order valence-corrected chi connectivity index (χ0v) is 16.0. The molecule has 1 saturated heterocycles. The normalized spacial score (nSPS) is 21.1. The van der Waals surface area contributed by atoms with Crippen molar-refractivity contribution in [2.24, 2.45) is 5.92 Å². The minimum absolute atomic E-state index is 0.0324. The van der Waals surface area contributed by atoms with Crippen LogP contribution >= 0.6 is 0 Å². The maximum atomic E-state index is 12.2. The van der Waals surface area contributed by atoms with Crippen molar-refractivity contribution in [2.45, 2.75) is 25.4 Å². The molecule has 1 fully saturated rings. The van der Waals surface area contributed by atoms with Gasteiger partial charge in [0.1, 0.15) is 0 Å². The van der Waals surface area contributed by atoms with Crippen LogP contribution in [0.5, 0.6) is 11.5 Å². The van der Waals surface area contributed by atoms with E-state index in [4.69, 9.17) is 9.47 Å². The molecule has 0 amide bonds. The Balaban J connectivity index is 1.62. The van der Waals surface area contributed by atoms with E-state index in [1.54, 1.807) is 12.1 Å². The molecule has 0 N–H and O–H groups in total. The van der Waals surface area contributed by atoms with Gasteiger partial charge < -0.3 is 14.0 Å². The summed E-state index contributed by atoms with van der Waals surface area (Å²) in [5, 5.41) is 11.6. The SMILES string of the molecule is COc1cc(CN2C[C@@H]3C[C@H](C2)c2cccc(=O)n2C3)c([N+](=O)[O-])cc1OC. The third-order valence-electron chi connectivity index (χ3n) is 5.73. The van der Waals surface area contributed by atoms with Crippen molar-refractivity contribution in [1.82, 2.24) is 9.47 Å². The number of hydrogen-bond acceptors (Lipinski definition) is 6. The van der Waals surface area contributed by atoms with Crippen LogP contribution < -0.4 is 15.0 Å². The molecule has 2 bridgehead atoms. The topological polar surface area (TPSA) is 86.8 Å². The minimum atomic E-state index is -0.378. The van der Waals surface area contributed by atoms with Gasteiger partial charge in [-0.2, -0.15) is 0 Å². The number of nitrogens with zero attached hydrogens (tertiary/aromatic N) is 3. The van der Waals surface area contributed by atoms with Crippen LogP contribution in [0.15, 0.2) is 35.1 Å². The third-order valence-corrected chi connectivity index (χ3v) is 5.73. The van der Waals surface area contributed by atoms with Crippen LogP contribution in [0.4, 0.5) is 5.69 Å².